The van der Waals surface area contributed by atoms with Crippen LogP contribution in [0.3, 0.4) is 0 Å². The molecule has 0 radical (unpaired) electrons. The van der Waals surface area contributed by atoms with Crippen molar-refractivity contribution in [2.45, 2.75) is 38.7 Å². The van der Waals surface area contributed by atoms with Crippen molar-refractivity contribution in [2.75, 3.05) is 18.5 Å². The molecule has 2 aromatic rings. The highest BCUT2D eigenvalue weighted by molar-refractivity contribution is 7.12. The van der Waals surface area contributed by atoms with E-state index in [0.29, 0.717) is 22.9 Å². The lowest BCUT2D eigenvalue weighted by Crippen LogP contribution is -2.18. The summed E-state index contributed by atoms with van der Waals surface area (Å²) in [5.74, 6) is 0.438. The van der Waals surface area contributed by atoms with E-state index in [1.807, 2.05) is 36.6 Å². The van der Waals surface area contributed by atoms with Crippen LogP contribution in [-0.2, 0) is 9.53 Å². The van der Waals surface area contributed by atoms with E-state index in [-0.39, 0.29) is 30.6 Å². The molecule has 1 saturated heterocycles. The Balaban J connectivity index is 1.55. The molecule has 1 fully saturated rings. The predicted octanol–water partition coefficient (Wildman–Crippen LogP) is 4.22. The zero-order valence-electron chi connectivity index (χ0n) is 14.8. The molecule has 0 aliphatic carbocycles. The summed E-state index contributed by atoms with van der Waals surface area (Å²) in [6, 6.07) is 9.27. The minimum Gasteiger partial charge on any atom is -0.489 e. The van der Waals surface area contributed by atoms with E-state index < -0.39 is 0 Å². The number of anilines is 1. The number of carbonyl (C=O) groups is 2. The first kappa shape index (κ1) is 18.6. The maximum absolute atomic E-state index is 12.2. The van der Waals surface area contributed by atoms with E-state index in [1.54, 1.807) is 6.07 Å². The molecule has 5 nitrogen and oxygen atoms in total. The van der Waals surface area contributed by atoms with Gasteiger partial charge in [0.2, 0.25) is 5.91 Å². The average molecular weight is 373 g/mol. The van der Waals surface area contributed by atoms with Crippen molar-refractivity contribution in [3.8, 4) is 5.75 Å². The number of amides is 1. The molecular weight excluding hydrogens is 350 g/mol. The molecule has 1 aromatic carbocycles. The van der Waals surface area contributed by atoms with Crippen LogP contribution in [0.15, 0.2) is 35.7 Å². The molecule has 26 heavy (non-hydrogen) atoms. The Morgan fingerprint density at radius 2 is 2.19 bits per heavy atom. The van der Waals surface area contributed by atoms with Gasteiger partial charge in [-0.25, -0.2) is 0 Å². The first-order valence-corrected chi connectivity index (χ1v) is 9.71. The number of hydrogen-bond donors (Lipinski definition) is 1. The maximum atomic E-state index is 12.2. The number of thiophene rings is 1. The molecule has 6 heteroatoms. The van der Waals surface area contributed by atoms with Gasteiger partial charge in [0.15, 0.2) is 5.78 Å². The Morgan fingerprint density at radius 3 is 2.92 bits per heavy atom. The molecule has 138 valence electrons. The zero-order valence-corrected chi connectivity index (χ0v) is 15.6. The molecule has 1 amide bonds. The van der Waals surface area contributed by atoms with Crippen LogP contribution in [0.1, 0.15) is 40.9 Å². The number of Topliss-reactive ketones (excluding diaryl/α,β-unsaturated/α-hetero) is 1. The second-order valence-electron chi connectivity index (χ2n) is 6.39. The van der Waals surface area contributed by atoms with Crippen molar-refractivity contribution < 1.29 is 19.1 Å². The van der Waals surface area contributed by atoms with E-state index in [4.69, 9.17) is 9.47 Å². The van der Waals surface area contributed by atoms with Crippen LogP contribution in [0.2, 0.25) is 0 Å². The van der Waals surface area contributed by atoms with Gasteiger partial charge in [0.25, 0.3) is 0 Å². The summed E-state index contributed by atoms with van der Waals surface area (Å²) in [5, 5.41) is 4.72. The third kappa shape index (κ3) is 5.16. The summed E-state index contributed by atoms with van der Waals surface area (Å²) < 4.78 is 11.5. The molecular formula is C20H23NO4S. The van der Waals surface area contributed by atoms with Crippen LogP contribution in [0.5, 0.6) is 5.75 Å². The van der Waals surface area contributed by atoms with Gasteiger partial charge in [-0.05, 0) is 48.9 Å². The van der Waals surface area contributed by atoms with Gasteiger partial charge in [-0.3, -0.25) is 9.59 Å². The third-order valence-corrected chi connectivity index (χ3v) is 5.15. The number of nitrogens with one attached hydrogen (secondary N) is 1. The van der Waals surface area contributed by atoms with Crippen LogP contribution in [0.4, 0.5) is 5.69 Å². The Bertz CT molecular complexity index is 751. The Hall–Kier alpha value is -2.18. The van der Waals surface area contributed by atoms with Crippen molar-refractivity contribution in [2.24, 2.45) is 0 Å². The molecule has 1 aliphatic rings. The highest BCUT2D eigenvalue weighted by atomic mass is 32.1. The number of ketones is 1. The molecule has 2 heterocycles. The van der Waals surface area contributed by atoms with Gasteiger partial charge >= 0.3 is 0 Å². The van der Waals surface area contributed by atoms with Crippen molar-refractivity contribution in [3.63, 3.8) is 0 Å². The summed E-state index contributed by atoms with van der Waals surface area (Å²) >= 11 is 1.40. The zero-order chi connectivity index (χ0) is 18.4. The summed E-state index contributed by atoms with van der Waals surface area (Å²) in [7, 11) is 0. The smallest absolute Gasteiger partial charge is 0.224 e. The van der Waals surface area contributed by atoms with E-state index in [0.717, 1.165) is 25.0 Å². The normalized spacial score (nSPS) is 16.4. The first-order valence-electron chi connectivity index (χ1n) is 8.83. The van der Waals surface area contributed by atoms with Gasteiger partial charge in [-0.15, -0.1) is 11.3 Å². The number of hydrogen-bond acceptors (Lipinski definition) is 5. The number of rotatable bonds is 8. The number of carbonyl (C=O) groups excluding carboxylic acids is 2. The maximum Gasteiger partial charge on any atom is 0.224 e. The molecule has 0 bridgehead atoms. The van der Waals surface area contributed by atoms with Gasteiger partial charge in [0.05, 0.1) is 16.7 Å². The quantitative estimate of drug-likeness (QED) is 0.704. The molecule has 1 N–H and O–H groups in total. The summed E-state index contributed by atoms with van der Waals surface area (Å²) in [5.41, 5.74) is 1.68. The standard InChI is InChI=1S/C20H23NO4S/c1-14-6-7-16(18(12-14)25-13-15-4-2-10-24-15)21-20(23)9-8-17(22)19-5-3-11-26-19/h3,5-7,11-12,15H,2,4,8-10,13H2,1H3,(H,21,23). The lowest BCUT2D eigenvalue weighted by atomic mass is 10.1. The fourth-order valence-electron chi connectivity index (χ4n) is 2.81. The van der Waals surface area contributed by atoms with Crippen molar-refractivity contribution in [3.05, 3.63) is 46.2 Å². The van der Waals surface area contributed by atoms with Crippen LogP contribution in [0.25, 0.3) is 0 Å². The van der Waals surface area contributed by atoms with E-state index >= 15 is 0 Å². The predicted molar refractivity (Wildman–Crippen MR) is 102 cm³/mol. The molecule has 0 saturated carbocycles. The SMILES string of the molecule is Cc1ccc(NC(=O)CCC(=O)c2cccs2)c(OCC2CCCO2)c1. The Labute approximate surface area is 157 Å². The Morgan fingerprint density at radius 1 is 1.31 bits per heavy atom. The first-order chi connectivity index (χ1) is 12.6. The molecule has 1 aliphatic heterocycles. The van der Waals surface area contributed by atoms with E-state index in [1.165, 1.54) is 11.3 Å². The topological polar surface area (TPSA) is 64.6 Å². The summed E-state index contributed by atoms with van der Waals surface area (Å²) in [6.45, 7) is 3.23. The largest absolute Gasteiger partial charge is 0.489 e. The molecule has 0 spiro atoms. The fraction of sp³-hybridized carbons (Fsp3) is 0.400. The third-order valence-electron chi connectivity index (χ3n) is 4.24. The van der Waals surface area contributed by atoms with Crippen LogP contribution >= 0.6 is 11.3 Å². The van der Waals surface area contributed by atoms with Crippen molar-refractivity contribution >= 4 is 28.7 Å². The molecule has 1 aromatic heterocycles. The number of benzene rings is 1. The van der Waals surface area contributed by atoms with E-state index in [9.17, 15) is 9.59 Å². The van der Waals surface area contributed by atoms with Gasteiger partial charge in [0.1, 0.15) is 12.4 Å². The fourth-order valence-corrected chi connectivity index (χ4v) is 3.51. The monoisotopic (exact) mass is 373 g/mol. The van der Waals surface area contributed by atoms with Crippen LogP contribution < -0.4 is 10.1 Å². The van der Waals surface area contributed by atoms with E-state index in [2.05, 4.69) is 5.32 Å². The second kappa shape index (κ2) is 8.96. The van der Waals surface area contributed by atoms with Gasteiger partial charge in [-0.2, -0.15) is 0 Å². The number of ether oxygens (including phenoxy) is 2. The minimum absolute atomic E-state index is 0.00564. The van der Waals surface area contributed by atoms with Crippen molar-refractivity contribution in [1.29, 1.82) is 0 Å². The summed E-state index contributed by atoms with van der Waals surface area (Å²) in [4.78, 5) is 24.9. The molecule has 3 rings (SSSR count). The van der Waals surface area contributed by atoms with Crippen LogP contribution in [0, 0.1) is 6.92 Å². The highest BCUT2D eigenvalue weighted by Gasteiger charge is 2.17. The van der Waals surface area contributed by atoms with Gasteiger partial charge in [-0.1, -0.05) is 12.1 Å². The summed E-state index contributed by atoms with van der Waals surface area (Å²) in [6.07, 6.45) is 2.52. The molecule has 1 atom stereocenters. The van der Waals surface area contributed by atoms with Gasteiger partial charge in [0, 0.05) is 19.4 Å². The van der Waals surface area contributed by atoms with Crippen LogP contribution in [-0.4, -0.2) is 31.0 Å². The molecule has 1 unspecified atom stereocenters. The second-order valence-corrected chi connectivity index (χ2v) is 7.34. The van der Waals surface area contributed by atoms with Crippen molar-refractivity contribution in [1.82, 2.24) is 0 Å². The minimum atomic E-state index is -0.194. The number of aryl methyl sites for hydroxylation is 1. The Kier molecular flexibility index (Phi) is 6.41. The average Bonchev–Trinajstić information content (AvgIpc) is 3.33. The van der Waals surface area contributed by atoms with Gasteiger partial charge < -0.3 is 14.8 Å². The lowest BCUT2D eigenvalue weighted by molar-refractivity contribution is -0.116. The highest BCUT2D eigenvalue weighted by Crippen LogP contribution is 2.27. The lowest BCUT2D eigenvalue weighted by Gasteiger charge is -2.16.